The summed E-state index contributed by atoms with van der Waals surface area (Å²) in [6, 6.07) is 1.86. The van der Waals surface area contributed by atoms with Crippen molar-refractivity contribution in [1.82, 2.24) is 9.78 Å². The summed E-state index contributed by atoms with van der Waals surface area (Å²) in [5, 5.41) is 14.7. The van der Waals surface area contributed by atoms with Crippen molar-refractivity contribution < 1.29 is 5.11 Å². The van der Waals surface area contributed by atoms with Crippen molar-refractivity contribution in [3.8, 4) is 0 Å². The molecule has 104 valence electrons. The number of nitrogens with zero attached hydrogens (tertiary/aromatic N) is 2. The summed E-state index contributed by atoms with van der Waals surface area (Å²) < 4.78 is 4.29. The summed E-state index contributed by atoms with van der Waals surface area (Å²) in [6.45, 7) is 2.06. The van der Waals surface area contributed by atoms with Crippen LogP contribution < -0.4 is 0 Å². The van der Waals surface area contributed by atoms with E-state index in [-0.39, 0.29) is 0 Å². The molecule has 0 aliphatic rings. The van der Waals surface area contributed by atoms with Crippen LogP contribution in [-0.4, -0.2) is 14.9 Å². The van der Waals surface area contributed by atoms with Crippen molar-refractivity contribution in [1.29, 1.82) is 0 Å². The van der Waals surface area contributed by atoms with Gasteiger partial charge in [0.25, 0.3) is 0 Å². The monoisotopic (exact) mass is 426 g/mol. The third-order valence-corrected chi connectivity index (χ3v) is 6.37. The van der Waals surface area contributed by atoms with Gasteiger partial charge in [-0.15, -0.1) is 11.3 Å². The Hall–Kier alpha value is 0.120. The Kier molecular flexibility index (Phi) is 5.11. The van der Waals surface area contributed by atoms with E-state index in [0.29, 0.717) is 10.8 Å². The second-order valence-electron chi connectivity index (χ2n) is 4.17. The predicted octanol–water partition coefficient (Wildman–Crippen LogP) is 4.50. The van der Waals surface area contributed by atoms with Crippen LogP contribution in [0.1, 0.15) is 29.3 Å². The van der Waals surface area contributed by atoms with Gasteiger partial charge in [0, 0.05) is 22.8 Å². The average Bonchev–Trinajstić information content (AvgIpc) is 2.84. The average molecular weight is 429 g/mol. The molecule has 0 bridgehead atoms. The van der Waals surface area contributed by atoms with E-state index >= 15 is 0 Å². The maximum Gasteiger partial charge on any atom is 0.107 e. The highest BCUT2D eigenvalue weighted by Crippen LogP contribution is 2.37. The standard InChI is InChI=1S/C12H13Br2ClN2OS/c1-3-7-11(14)8(17(2)16-7)5-9(18)10-4-6(13)12(15)19-10/h4,9,18H,3,5H2,1-2H3. The minimum absolute atomic E-state index is 0.507. The van der Waals surface area contributed by atoms with Crippen molar-refractivity contribution in [3.63, 3.8) is 0 Å². The van der Waals surface area contributed by atoms with Crippen molar-refractivity contribution in [2.24, 2.45) is 7.05 Å². The minimum Gasteiger partial charge on any atom is -0.387 e. The van der Waals surface area contributed by atoms with Crippen LogP contribution in [0.2, 0.25) is 4.34 Å². The summed E-state index contributed by atoms with van der Waals surface area (Å²) in [6.07, 6.45) is 0.791. The zero-order valence-electron chi connectivity index (χ0n) is 10.5. The van der Waals surface area contributed by atoms with Crippen LogP contribution in [0.25, 0.3) is 0 Å². The normalized spacial score (nSPS) is 12.9. The van der Waals surface area contributed by atoms with Crippen LogP contribution in [0.4, 0.5) is 0 Å². The third kappa shape index (κ3) is 3.24. The van der Waals surface area contributed by atoms with Gasteiger partial charge in [-0.2, -0.15) is 5.10 Å². The molecule has 1 unspecified atom stereocenters. The molecule has 0 amide bonds. The van der Waals surface area contributed by atoms with Gasteiger partial charge in [0.1, 0.15) is 4.34 Å². The highest BCUT2D eigenvalue weighted by atomic mass is 79.9. The van der Waals surface area contributed by atoms with Crippen LogP contribution in [0.15, 0.2) is 15.0 Å². The smallest absolute Gasteiger partial charge is 0.107 e. The SMILES string of the molecule is CCc1nn(C)c(CC(O)c2cc(Br)c(Cl)s2)c1Br. The van der Waals surface area contributed by atoms with Crippen LogP contribution in [0.5, 0.6) is 0 Å². The Morgan fingerprint density at radius 1 is 1.53 bits per heavy atom. The van der Waals surface area contributed by atoms with Gasteiger partial charge < -0.3 is 5.11 Å². The number of thiophene rings is 1. The number of hydrogen-bond acceptors (Lipinski definition) is 3. The van der Waals surface area contributed by atoms with E-state index in [0.717, 1.165) is 31.6 Å². The lowest BCUT2D eigenvalue weighted by molar-refractivity contribution is 0.179. The third-order valence-electron chi connectivity index (χ3n) is 2.88. The summed E-state index contributed by atoms with van der Waals surface area (Å²) in [5.41, 5.74) is 2.00. The Morgan fingerprint density at radius 2 is 2.21 bits per heavy atom. The van der Waals surface area contributed by atoms with Crippen LogP contribution >= 0.6 is 54.8 Å². The molecule has 0 radical (unpaired) electrons. The molecule has 3 nitrogen and oxygen atoms in total. The fourth-order valence-corrected chi connectivity index (χ4v) is 4.35. The van der Waals surface area contributed by atoms with E-state index in [1.165, 1.54) is 11.3 Å². The molecule has 0 saturated heterocycles. The summed E-state index contributed by atoms with van der Waals surface area (Å²) in [4.78, 5) is 0.850. The first-order valence-corrected chi connectivity index (χ1v) is 8.55. The fraction of sp³-hybridized carbons (Fsp3) is 0.417. The van der Waals surface area contributed by atoms with Gasteiger partial charge >= 0.3 is 0 Å². The quantitative estimate of drug-likeness (QED) is 0.779. The van der Waals surface area contributed by atoms with Gasteiger partial charge in [-0.1, -0.05) is 18.5 Å². The van der Waals surface area contributed by atoms with Gasteiger partial charge in [0.15, 0.2) is 0 Å². The van der Waals surface area contributed by atoms with Gasteiger partial charge in [0.05, 0.1) is 22.0 Å². The number of hydrogen-bond donors (Lipinski definition) is 1. The molecule has 1 N–H and O–H groups in total. The fourth-order valence-electron chi connectivity index (χ4n) is 1.85. The molecule has 0 aliphatic carbocycles. The second kappa shape index (κ2) is 6.26. The van der Waals surface area contributed by atoms with Gasteiger partial charge in [-0.3, -0.25) is 4.68 Å². The minimum atomic E-state index is -0.579. The van der Waals surface area contributed by atoms with Crippen molar-refractivity contribution in [2.45, 2.75) is 25.9 Å². The lowest BCUT2D eigenvalue weighted by Crippen LogP contribution is -2.05. The zero-order valence-corrected chi connectivity index (χ0v) is 15.2. The maximum absolute atomic E-state index is 10.3. The summed E-state index contributed by atoms with van der Waals surface area (Å²) in [5.74, 6) is 0. The molecule has 0 spiro atoms. The Morgan fingerprint density at radius 3 is 2.68 bits per heavy atom. The molecule has 1 atom stereocenters. The van der Waals surface area contributed by atoms with Crippen LogP contribution in [0.3, 0.4) is 0 Å². The molecule has 2 aromatic heterocycles. The molecule has 2 heterocycles. The molecular weight excluding hydrogens is 415 g/mol. The molecule has 19 heavy (non-hydrogen) atoms. The summed E-state index contributed by atoms with van der Waals surface area (Å²) >= 11 is 14.3. The van der Waals surface area contributed by atoms with Gasteiger partial charge in [-0.05, 0) is 44.3 Å². The molecule has 0 saturated carbocycles. The van der Waals surface area contributed by atoms with E-state index in [9.17, 15) is 5.11 Å². The number of aryl methyl sites for hydroxylation is 2. The topological polar surface area (TPSA) is 38.0 Å². The van der Waals surface area contributed by atoms with Crippen molar-refractivity contribution in [3.05, 3.63) is 35.6 Å². The number of aliphatic hydroxyl groups excluding tert-OH is 1. The number of aliphatic hydroxyl groups is 1. The second-order valence-corrected chi connectivity index (χ2v) is 7.51. The van der Waals surface area contributed by atoms with Gasteiger partial charge in [-0.25, -0.2) is 0 Å². The molecule has 2 rings (SSSR count). The van der Waals surface area contributed by atoms with Crippen LogP contribution in [0, 0.1) is 0 Å². The first-order chi connectivity index (χ1) is 8.93. The lowest BCUT2D eigenvalue weighted by atomic mass is 10.1. The highest BCUT2D eigenvalue weighted by molar-refractivity contribution is 9.11. The predicted molar refractivity (Wildman–Crippen MR) is 86.0 cm³/mol. The first kappa shape index (κ1) is 15.5. The van der Waals surface area contributed by atoms with E-state index in [2.05, 4.69) is 43.9 Å². The molecule has 0 aromatic carbocycles. The van der Waals surface area contributed by atoms with Gasteiger partial charge in [0.2, 0.25) is 0 Å². The van der Waals surface area contributed by atoms with E-state index in [1.54, 1.807) is 0 Å². The Bertz CT molecular complexity index is 577. The largest absolute Gasteiger partial charge is 0.387 e. The molecule has 0 aliphatic heterocycles. The number of aromatic nitrogens is 2. The molecule has 7 heteroatoms. The number of rotatable bonds is 4. The maximum atomic E-state index is 10.3. The van der Waals surface area contributed by atoms with Crippen molar-refractivity contribution in [2.75, 3.05) is 0 Å². The molecule has 2 aromatic rings. The van der Waals surface area contributed by atoms with E-state index < -0.39 is 6.10 Å². The summed E-state index contributed by atoms with van der Waals surface area (Å²) in [7, 11) is 1.89. The Balaban J connectivity index is 2.23. The molecule has 0 fully saturated rings. The van der Waals surface area contributed by atoms with Crippen molar-refractivity contribution >= 4 is 54.8 Å². The Labute approximate surface area is 137 Å². The zero-order chi connectivity index (χ0) is 14.2. The van der Waals surface area contributed by atoms with E-state index in [1.807, 2.05) is 17.8 Å². The number of halogens is 3. The van der Waals surface area contributed by atoms with Crippen LogP contribution in [-0.2, 0) is 19.9 Å². The lowest BCUT2D eigenvalue weighted by Gasteiger charge is -2.09. The highest BCUT2D eigenvalue weighted by Gasteiger charge is 2.19. The van der Waals surface area contributed by atoms with E-state index in [4.69, 9.17) is 11.6 Å². The molecular formula is C12H13Br2ClN2OS. The first-order valence-electron chi connectivity index (χ1n) is 5.77.